The second-order valence-electron chi connectivity index (χ2n) is 5.03. The third kappa shape index (κ3) is 4.01. The van der Waals surface area contributed by atoms with Crippen LogP contribution in [0.5, 0.6) is 5.75 Å². The zero-order valence-electron chi connectivity index (χ0n) is 13.4. The first kappa shape index (κ1) is 16.4. The van der Waals surface area contributed by atoms with Crippen LogP contribution in [0.4, 0.5) is 0 Å². The molecule has 1 aromatic heterocycles. The number of furan rings is 1. The maximum atomic E-state index is 12.0. The van der Waals surface area contributed by atoms with Crippen LogP contribution >= 0.6 is 0 Å². The van der Waals surface area contributed by atoms with Crippen LogP contribution in [0.1, 0.15) is 30.8 Å². The lowest BCUT2D eigenvalue weighted by Crippen LogP contribution is -2.25. The van der Waals surface area contributed by atoms with Gasteiger partial charge in [0, 0.05) is 18.0 Å². The third-order valence-electron chi connectivity index (χ3n) is 3.67. The second kappa shape index (κ2) is 7.84. The summed E-state index contributed by atoms with van der Waals surface area (Å²) in [6.45, 7) is 7.59. The van der Waals surface area contributed by atoms with Crippen molar-refractivity contribution < 1.29 is 18.7 Å². The van der Waals surface area contributed by atoms with Gasteiger partial charge in [0.05, 0.1) is 13.7 Å². The van der Waals surface area contributed by atoms with Crippen molar-refractivity contribution in [3.8, 4) is 5.75 Å². The Morgan fingerprint density at radius 1 is 1.23 bits per heavy atom. The van der Waals surface area contributed by atoms with Crippen molar-refractivity contribution in [2.75, 3.05) is 33.4 Å². The Balaban J connectivity index is 1.90. The molecule has 0 unspecified atom stereocenters. The van der Waals surface area contributed by atoms with E-state index >= 15 is 0 Å². The second-order valence-corrected chi connectivity index (χ2v) is 5.03. The molecule has 1 heterocycles. The Hall–Kier alpha value is -2.01. The molecule has 5 heteroatoms. The van der Waals surface area contributed by atoms with E-state index in [2.05, 4.69) is 18.7 Å². The molecule has 1 aromatic carbocycles. The lowest BCUT2D eigenvalue weighted by molar-refractivity contribution is 0.0456. The van der Waals surface area contributed by atoms with Gasteiger partial charge in [-0.1, -0.05) is 13.8 Å². The average molecular weight is 305 g/mol. The number of esters is 1. The minimum Gasteiger partial charge on any atom is -0.497 e. The van der Waals surface area contributed by atoms with Crippen molar-refractivity contribution in [3.63, 3.8) is 0 Å². The number of nitrogens with zero attached hydrogens (tertiary/aromatic N) is 1. The van der Waals surface area contributed by atoms with Gasteiger partial charge in [-0.15, -0.1) is 0 Å². The summed E-state index contributed by atoms with van der Waals surface area (Å²) in [5.74, 6) is 0.502. The molecule has 0 radical (unpaired) electrons. The number of benzene rings is 1. The van der Waals surface area contributed by atoms with Crippen LogP contribution in [0.25, 0.3) is 11.0 Å². The summed E-state index contributed by atoms with van der Waals surface area (Å²) in [4.78, 5) is 14.3. The van der Waals surface area contributed by atoms with E-state index in [1.165, 1.54) is 0 Å². The molecule has 0 atom stereocenters. The fourth-order valence-corrected chi connectivity index (χ4v) is 2.30. The number of hydrogen-bond donors (Lipinski definition) is 0. The van der Waals surface area contributed by atoms with Gasteiger partial charge in [0.1, 0.15) is 11.3 Å². The average Bonchev–Trinajstić information content (AvgIpc) is 2.97. The van der Waals surface area contributed by atoms with Crippen LogP contribution < -0.4 is 4.74 Å². The lowest BCUT2D eigenvalue weighted by Gasteiger charge is -2.17. The van der Waals surface area contributed by atoms with Crippen molar-refractivity contribution in [1.29, 1.82) is 0 Å². The zero-order chi connectivity index (χ0) is 15.9. The van der Waals surface area contributed by atoms with Gasteiger partial charge in [0.2, 0.25) is 5.76 Å². The van der Waals surface area contributed by atoms with E-state index in [1.807, 2.05) is 12.1 Å². The molecule has 22 heavy (non-hydrogen) atoms. The summed E-state index contributed by atoms with van der Waals surface area (Å²) in [6.07, 6.45) is 0.821. The summed E-state index contributed by atoms with van der Waals surface area (Å²) < 4.78 is 15.9. The highest BCUT2D eigenvalue weighted by molar-refractivity contribution is 5.92. The number of rotatable bonds is 8. The van der Waals surface area contributed by atoms with Crippen LogP contribution in [0.15, 0.2) is 28.7 Å². The number of carbonyl (C=O) groups excluding carboxylic acids is 1. The molecule has 2 rings (SSSR count). The Labute approximate surface area is 130 Å². The summed E-state index contributed by atoms with van der Waals surface area (Å²) in [6, 6.07) is 7.14. The summed E-state index contributed by atoms with van der Waals surface area (Å²) in [5, 5.41) is 0.857. The minimum absolute atomic E-state index is 0.228. The molecular weight excluding hydrogens is 282 g/mol. The van der Waals surface area contributed by atoms with Crippen LogP contribution in [0.2, 0.25) is 0 Å². The van der Waals surface area contributed by atoms with E-state index in [0.717, 1.165) is 31.4 Å². The van der Waals surface area contributed by atoms with Gasteiger partial charge in [0.25, 0.3) is 0 Å². The van der Waals surface area contributed by atoms with Gasteiger partial charge >= 0.3 is 5.97 Å². The standard InChI is InChI=1S/C17H23NO4/c1-4-18(5-2)9-6-10-21-17(19)16-11-13-7-8-14(20-3)12-15(13)22-16/h7-8,11-12H,4-6,9-10H2,1-3H3. The van der Waals surface area contributed by atoms with Gasteiger partial charge in [-0.3, -0.25) is 0 Å². The maximum Gasteiger partial charge on any atom is 0.374 e. The summed E-state index contributed by atoms with van der Waals surface area (Å²) in [5.41, 5.74) is 0.620. The molecule has 0 aliphatic rings. The molecule has 0 aliphatic carbocycles. The first-order chi connectivity index (χ1) is 10.7. The molecule has 0 saturated heterocycles. The van der Waals surface area contributed by atoms with E-state index in [4.69, 9.17) is 13.9 Å². The molecule has 0 fully saturated rings. The highest BCUT2D eigenvalue weighted by Gasteiger charge is 2.14. The third-order valence-corrected chi connectivity index (χ3v) is 3.67. The predicted octanol–water partition coefficient (Wildman–Crippen LogP) is 3.33. The van der Waals surface area contributed by atoms with Gasteiger partial charge < -0.3 is 18.8 Å². The molecule has 0 spiro atoms. The predicted molar refractivity (Wildman–Crippen MR) is 85.5 cm³/mol. The SMILES string of the molecule is CCN(CC)CCCOC(=O)c1cc2ccc(OC)cc2o1. The summed E-state index contributed by atoms with van der Waals surface area (Å²) in [7, 11) is 1.59. The highest BCUT2D eigenvalue weighted by Crippen LogP contribution is 2.24. The fraction of sp³-hybridized carbons (Fsp3) is 0.471. The molecular formula is C17H23NO4. The highest BCUT2D eigenvalue weighted by atomic mass is 16.5. The Morgan fingerprint density at radius 2 is 2.00 bits per heavy atom. The molecule has 120 valence electrons. The minimum atomic E-state index is -0.422. The Morgan fingerprint density at radius 3 is 2.68 bits per heavy atom. The number of ether oxygens (including phenoxy) is 2. The topological polar surface area (TPSA) is 51.9 Å². The number of fused-ring (bicyclic) bond motifs is 1. The van der Waals surface area contributed by atoms with Crippen LogP contribution in [-0.4, -0.2) is 44.2 Å². The van der Waals surface area contributed by atoms with Crippen molar-refractivity contribution >= 4 is 16.9 Å². The summed E-state index contributed by atoms with van der Waals surface area (Å²) >= 11 is 0. The normalized spacial score (nSPS) is 11.1. The van der Waals surface area contributed by atoms with E-state index in [0.29, 0.717) is 17.9 Å². The molecule has 5 nitrogen and oxygen atoms in total. The lowest BCUT2D eigenvalue weighted by atomic mass is 10.2. The van der Waals surface area contributed by atoms with E-state index in [9.17, 15) is 4.79 Å². The van der Waals surface area contributed by atoms with Gasteiger partial charge in [0.15, 0.2) is 0 Å². The van der Waals surface area contributed by atoms with Crippen molar-refractivity contribution in [2.45, 2.75) is 20.3 Å². The monoisotopic (exact) mass is 305 g/mol. The fourth-order valence-electron chi connectivity index (χ4n) is 2.30. The van der Waals surface area contributed by atoms with Crippen molar-refractivity contribution in [2.24, 2.45) is 0 Å². The van der Waals surface area contributed by atoms with Gasteiger partial charge in [-0.25, -0.2) is 4.79 Å². The molecule has 0 aliphatic heterocycles. The van der Waals surface area contributed by atoms with Crippen LogP contribution in [0.3, 0.4) is 0 Å². The van der Waals surface area contributed by atoms with Crippen LogP contribution in [-0.2, 0) is 4.74 Å². The van der Waals surface area contributed by atoms with E-state index in [-0.39, 0.29) is 5.76 Å². The number of hydrogen-bond acceptors (Lipinski definition) is 5. The number of methoxy groups -OCH3 is 1. The molecule has 2 aromatic rings. The first-order valence-corrected chi connectivity index (χ1v) is 7.65. The zero-order valence-corrected chi connectivity index (χ0v) is 13.4. The van der Waals surface area contributed by atoms with Gasteiger partial charge in [-0.2, -0.15) is 0 Å². The molecule has 0 saturated carbocycles. The maximum absolute atomic E-state index is 12.0. The van der Waals surface area contributed by atoms with Crippen LogP contribution in [0, 0.1) is 0 Å². The van der Waals surface area contributed by atoms with E-state index in [1.54, 1.807) is 19.2 Å². The number of carbonyl (C=O) groups is 1. The smallest absolute Gasteiger partial charge is 0.374 e. The molecule has 0 N–H and O–H groups in total. The van der Waals surface area contributed by atoms with Crippen molar-refractivity contribution in [1.82, 2.24) is 4.90 Å². The van der Waals surface area contributed by atoms with Crippen molar-refractivity contribution in [3.05, 3.63) is 30.0 Å². The quantitative estimate of drug-likeness (QED) is 0.553. The molecule has 0 bridgehead atoms. The first-order valence-electron chi connectivity index (χ1n) is 7.65. The Bertz CT molecular complexity index is 616. The Kier molecular flexibility index (Phi) is 5.83. The largest absolute Gasteiger partial charge is 0.497 e. The molecule has 0 amide bonds. The van der Waals surface area contributed by atoms with E-state index < -0.39 is 5.97 Å². The van der Waals surface area contributed by atoms with Gasteiger partial charge in [-0.05, 0) is 37.7 Å².